The molecular weight excluding hydrogens is 260 g/mol. The van der Waals surface area contributed by atoms with Crippen molar-refractivity contribution in [1.29, 1.82) is 0 Å². The molecule has 1 rings (SSSR count). The maximum atomic E-state index is 11.0. The fourth-order valence-corrected chi connectivity index (χ4v) is 1.79. The average Bonchev–Trinajstić information content (AvgIpc) is 2.20. The van der Waals surface area contributed by atoms with Gasteiger partial charge < -0.3 is 9.84 Å². The van der Waals surface area contributed by atoms with Crippen LogP contribution in [0.3, 0.4) is 0 Å². The van der Waals surface area contributed by atoms with Crippen LogP contribution in [-0.2, 0) is 16.0 Å². The molecular formula is C11H13BrO3. The first kappa shape index (κ1) is 12.2. The average molecular weight is 273 g/mol. The van der Waals surface area contributed by atoms with E-state index in [1.807, 2.05) is 25.1 Å². The van der Waals surface area contributed by atoms with Crippen molar-refractivity contribution in [1.82, 2.24) is 0 Å². The van der Waals surface area contributed by atoms with Crippen molar-refractivity contribution in [2.45, 2.75) is 19.4 Å². The van der Waals surface area contributed by atoms with Crippen LogP contribution < -0.4 is 0 Å². The van der Waals surface area contributed by atoms with Crippen molar-refractivity contribution in [2.75, 3.05) is 7.11 Å². The van der Waals surface area contributed by atoms with Crippen LogP contribution in [0.4, 0.5) is 0 Å². The van der Waals surface area contributed by atoms with Crippen LogP contribution in [0.25, 0.3) is 0 Å². The zero-order chi connectivity index (χ0) is 11.4. The zero-order valence-electron chi connectivity index (χ0n) is 8.66. The highest BCUT2D eigenvalue weighted by Gasteiger charge is 2.16. The minimum Gasteiger partial charge on any atom is -0.467 e. The van der Waals surface area contributed by atoms with Crippen LogP contribution in [0.1, 0.15) is 11.1 Å². The van der Waals surface area contributed by atoms with Gasteiger partial charge in [-0.15, -0.1) is 0 Å². The van der Waals surface area contributed by atoms with Gasteiger partial charge in [-0.05, 0) is 30.2 Å². The molecule has 0 aromatic heterocycles. The standard InChI is InChI=1S/C11H13BrO3/c1-7-5-9(12)4-3-8(7)6-10(13)11(14)15-2/h3-5,10,13H,6H2,1-2H3. The fraction of sp³-hybridized carbons (Fsp3) is 0.364. The predicted molar refractivity (Wildman–Crippen MR) is 60.6 cm³/mol. The lowest BCUT2D eigenvalue weighted by Crippen LogP contribution is -2.24. The van der Waals surface area contributed by atoms with Crippen molar-refractivity contribution in [3.63, 3.8) is 0 Å². The molecule has 0 fully saturated rings. The number of esters is 1. The molecule has 0 bridgehead atoms. The van der Waals surface area contributed by atoms with E-state index >= 15 is 0 Å². The zero-order valence-corrected chi connectivity index (χ0v) is 10.2. The Kier molecular flexibility index (Phi) is 4.29. The molecule has 3 nitrogen and oxygen atoms in total. The largest absolute Gasteiger partial charge is 0.467 e. The molecule has 0 aliphatic rings. The van der Waals surface area contributed by atoms with Crippen LogP contribution in [0.5, 0.6) is 0 Å². The van der Waals surface area contributed by atoms with Gasteiger partial charge >= 0.3 is 5.97 Å². The first-order chi connectivity index (χ1) is 7.04. The summed E-state index contributed by atoms with van der Waals surface area (Å²) in [6.45, 7) is 1.93. The fourth-order valence-electron chi connectivity index (χ4n) is 1.32. The van der Waals surface area contributed by atoms with E-state index in [1.165, 1.54) is 7.11 Å². The second kappa shape index (κ2) is 5.28. The van der Waals surface area contributed by atoms with E-state index in [0.717, 1.165) is 15.6 Å². The van der Waals surface area contributed by atoms with Gasteiger partial charge in [0.15, 0.2) is 6.10 Å². The molecule has 82 valence electrons. The number of carbonyl (C=O) groups is 1. The van der Waals surface area contributed by atoms with Gasteiger partial charge in [-0.2, -0.15) is 0 Å². The summed E-state index contributed by atoms with van der Waals surface area (Å²) in [5.74, 6) is -0.600. The number of aryl methyl sites for hydroxylation is 1. The number of aliphatic hydroxyl groups is 1. The van der Waals surface area contributed by atoms with Crippen LogP contribution in [0.2, 0.25) is 0 Å². The Morgan fingerprint density at radius 3 is 2.80 bits per heavy atom. The Labute approximate surface area is 97.2 Å². The second-order valence-corrected chi connectivity index (χ2v) is 4.23. The lowest BCUT2D eigenvalue weighted by Gasteiger charge is -2.10. The molecule has 1 aromatic rings. The van der Waals surface area contributed by atoms with E-state index in [9.17, 15) is 9.90 Å². The Balaban J connectivity index is 2.76. The molecule has 0 heterocycles. The molecule has 0 saturated heterocycles. The van der Waals surface area contributed by atoms with E-state index in [2.05, 4.69) is 20.7 Å². The smallest absolute Gasteiger partial charge is 0.335 e. The normalized spacial score (nSPS) is 12.3. The Hall–Kier alpha value is -0.870. The lowest BCUT2D eigenvalue weighted by atomic mass is 10.0. The quantitative estimate of drug-likeness (QED) is 0.855. The molecule has 15 heavy (non-hydrogen) atoms. The summed E-state index contributed by atoms with van der Waals surface area (Å²) in [6.07, 6.45) is -0.805. The van der Waals surface area contributed by atoms with Gasteiger partial charge in [-0.1, -0.05) is 22.0 Å². The summed E-state index contributed by atoms with van der Waals surface area (Å²) in [6, 6.07) is 5.71. The number of carbonyl (C=O) groups excluding carboxylic acids is 1. The van der Waals surface area contributed by atoms with E-state index < -0.39 is 12.1 Å². The minimum absolute atomic E-state index is 0.284. The van der Waals surface area contributed by atoms with E-state index in [-0.39, 0.29) is 6.42 Å². The number of aliphatic hydroxyl groups excluding tert-OH is 1. The molecule has 1 unspecified atom stereocenters. The van der Waals surface area contributed by atoms with Gasteiger partial charge in [0, 0.05) is 10.9 Å². The Morgan fingerprint density at radius 2 is 2.27 bits per heavy atom. The van der Waals surface area contributed by atoms with Crippen LogP contribution in [0, 0.1) is 6.92 Å². The SMILES string of the molecule is COC(=O)C(O)Cc1ccc(Br)cc1C. The maximum Gasteiger partial charge on any atom is 0.335 e. The molecule has 0 aliphatic carbocycles. The van der Waals surface area contributed by atoms with E-state index in [4.69, 9.17) is 0 Å². The summed E-state index contributed by atoms with van der Waals surface area (Å²) in [5, 5.41) is 9.48. The summed E-state index contributed by atoms with van der Waals surface area (Å²) >= 11 is 3.35. The van der Waals surface area contributed by atoms with E-state index in [1.54, 1.807) is 0 Å². The molecule has 0 spiro atoms. The van der Waals surface area contributed by atoms with Gasteiger partial charge in [0.2, 0.25) is 0 Å². The Bertz CT molecular complexity index is 363. The highest BCUT2D eigenvalue weighted by atomic mass is 79.9. The number of benzene rings is 1. The van der Waals surface area contributed by atoms with Crippen LogP contribution in [0.15, 0.2) is 22.7 Å². The number of ether oxygens (including phenoxy) is 1. The van der Waals surface area contributed by atoms with Crippen molar-refractivity contribution < 1.29 is 14.6 Å². The third kappa shape index (κ3) is 3.32. The van der Waals surface area contributed by atoms with Gasteiger partial charge in [-0.3, -0.25) is 0 Å². The molecule has 1 aromatic carbocycles. The molecule has 0 aliphatic heterocycles. The maximum absolute atomic E-state index is 11.0. The summed E-state index contributed by atoms with van der Waals surface area (Å²) in [7, 11) is 1.26. The Morgan fingerprint density at radius 1 is 1.60 bits per heavy atom. The molecule has 4 heteroatoms. The van der Waals surface area contributed by atoms with E-state index in [0.29, 0.717) is 0 Å². The first-order valence-electron chi connectivity index (χ1n) is 4.55. The van der Waals surface area contributed by atoms with Gasteiger partial charge in [0.1, 0.15) is 0 Å². The topological polar surface area (TPSA) is 46.5 Å². The second-order valence-electron chi connectivity index (χ2n) is 3.31. The monoisotopic (exact) mass is 272 g/mol. The van der Waals surface area contributed by atoms with Crippen LogP contribution >= 0.6 is 15.9 Å². The molecule has 0 saturated carbocycles. The predicted octanol–water partition coefficient (Wildman–Crippen LogP) is 1.83. The first-order valence-corrected chi connectivity index (χ1v) is 5.35. The molecule has 0 amide bonds. The number of methoxy groups -OCH3 is 1. The molecule has 1 N–H and O–H groups in total. The van der Waals surface area contributed by atoms with Crippen molar-refractivity contribution in [2.24, 2.45) is 0 Å². The third-order valence-electron chi connectivity index (χ3n) is 2.19. The van der Waals surface area contributed by atoms with Crippen LogP contribution in [-0.4, -0.2) is 24.3 Å². The highest BCUT2D eigenvalue weighted by Crippen LogP contribution is 2.17. The van der Waals surface area contributed by atoms with Crippen molar-refractivity contribution in [3.8, 4) is 0 Å². The summed E-state index contributed by atoms with van der Waals surface area (Å²) in [5.41, 5.74) is 1.98. The minimum atomic E-state index is -1.09. The molecule has 1 atom stereocenters. The molecule has 0 radical (unpaired) electrons. The number of hydrogen-bond donors (Lipinski definition) is 1. The number of halogens is 1. The summed E-state index contributed by atoms with van der Waals surface area (Å²) < 4.78 is 5.43. The van der Waals surface area contributed by atoms with Crippen molar-refractivity contribution in [3.05, 3.63) is 33.8 Å². The summed E-state index contributed by atoms with van der Waals surface area (Å²) in [4.78, 5) is 11.0. The van der Waals surface area contributed by atoms with Gasteiger partial charge in [-0.25, -0.2) is 4.79 Å². The van der Waals surface area contributed by atoms with Gasteiger partial charge in [0.05, 0.1) is 7.11 Å². The lowest BCUT2D eigenvalue weighted by molar-refractivity contribution is -0.150. The van der Waals surface area contributed by atoms with Gasteiger partial charge in [0.25, 0.3) is 0 Å². The third-order valence-corrected chi connectivity index (χ3v) is 2.68. The number of rotatable bonds is 3. The number of hydrogen-bond acceptors (Lipinski definition) is 3. The van der Waals surface area contributed by atoms with Crippen molar-refractivity contribution >= 4 is 21.9 Å². The highest BCUT2D eigenvalue weighted by molar-refractivity contribution is 9.10.